The first-order chi connectivity index (χ1) is 5.18. The zero-order valence-corrected chi connectivity index (χ0v) is 7.21. The van der Waals surface area contributed by atoms with Crippen LogP contribution in [0.2, 0.25) is 0 Å². The minimum Gasteiger partial charge on any atom is -0.392 e. The van der Waals surface area contributed by atoms with Gasteiger partial charge in [0, 0.05) is 19.6 Å². The molecule has 0 aromatic carbocycles. The first-order valence-electron chi connectivity index (χ1n) is 4.23. The van der Waals surface area contributed by atoms with Crippen LogP contribution in [0.3, 0.4) is 0 Å². The van der Waals surface area contributed by atoms with Gasteiger partial charge >= 0.3 is 0 Å². The van der Waals surface area contributed by atoms with E-state index >= 15 is 0 Å². The van der Waals surface area contributed by atoms with Crippen molar-refractivity contribution < 1.29 is 5.11 Å². The minimum atomic E-state index is -0.0832. The van der Waals surface area contributed by atoms with Crippen LogP contribution < -0.4 is 0 Å². The SMILES string of the molecule is C=C(C)CCN1CCC(O)C1. The van der Waals surface area contributed by atoms with Gasteiger partial charge in [-0.15, -0.1) is 6.58 Å². The quantitative estimate of drug-likeness (QED) is 0.615. The molecular weight excluding hydrogens is 138 g/mol. The molecule has 1 heterocycles. The van der Waals surface area contributed by atoms with Crippen molar-refractivity contribution in [3.8, 4) is 0 Å². The molecule has 1 aliphatic rings. The maximum absolute atomic E-state index is 9.20. The molecule has 0 saturated carbocycles. The van der Waals surface area contributed by atoms with Gasteiger partial charge in [0.15, 0.2) is 0 Å². The standard InChI is InChI=1S/C9H17NO/c1-8(2)3-5-10-6-4-9(11)7-10/h9,11H,1,3-7H2,2H3. The Hall–Kier alpha value is -0.340. The molecule has 0 aliphatic carbocycles. The van der Waals surface area contributed by atoms with Crippen LogP contribution in [-0.4, -0.2) is 35.7 Å². The van der Waals surface area contributed by atoms with Gasteiger partial charge in [0.2, 0.25) is 0 Å². The largest absolute Gasteiger partial charge is 0.392 e. The molecule has 0 spiro atoms. The predicted octanol–water partition coefficient (Wildman–Crippen LogP) is 1.02. The first-order valence-corrected chi connectivity index (χ1v) is 4.23. The second-order valence-corrected chi connectivity index (χ2v) is 3.45. The molecule has 11 heavy (non-hydrogen) atoms. The Kier molecular flexibility index (Phi) is 3.09. The van der Waals surface area contributed by atoms with Crippen LogP contribution in [-0.2, 0) is 0 Å². The molecule has 1 atom stereocenters. The molecule has 64 valence electrons. The Morgan fingerprint density at radius 1 is 1.73 bits per heavy atom. The van der Waals surface area contributed by atoms with Crippen LogP contribution >= 0.6 is 0 Å². The lowest BCUT2D eigenvalue weighted by molar-refractivity contribution is 0.177. The Morgan fingerprint density at radius 3 is 2.91 bits per heavy atom. The van der Waals surface area contributed by atoms with Gasteiger partial charge in [0.1, 0.15) is 0 Å². The topological polar surface area (TPSA) is 23.5 Å². The highest BCUT2D eigenvalue weighted by Crippen LogP contribution is 2.10. The zero-order valence-electron chi connectivity index (χ0n) is 7.21. The van der Waals surface area contributed by atoms with Crippen molar-refractivity contribution >= 4 is 0 Å². The number of β-amino-alcohol motifs (C(OH)–C–C–N with tert-alkyl or cyclic N) is 1. The average Bonchev–Trinajstić information content (AvgIpc) is 2.31. The fourth-order valence-electron chi connectivity index (χ4n) is 1.36. The van der Waals surface area contributed by atoms with Crippen LogP contribution in [0.4, 0.5) is 0 Å². The summed E-state index contributed by atoms with van der Waals surface area (Å²) < 4.78 is 0. The summed E-state index contributed by atoms with van der Waals surface area (Å²) in [5, 5.41) is 9.20. The van der Waals surface area contributed by atoms with E-state index in [4.69, 9.17) is 0 Å². The third kappa shape index (κ3) is 3.04. The van der Waals surface area contributed by atoms with Crippen molar-refractivity contribution in [1.29, 1.82) is 0 Å². The van der Waals surface area contributed by atoms with Gasteiger partial charge in [-0.3, -0.25) is 0 Å². The summed E-state index contributed by atoms with van der Waals surface area (Å²) >= 11 is 0. The second-order valence-electron chi connectivity index (χ2n) is 3.45. The molecule has 1 unspecified atom stereocenters. The average molecular weight is 155 g/mol. The summed E-state index contributed by atoms with van der Waals surface area (Å²) in [7, 11) is 0. The lowest BCUT2D eigenvalue weighted by atomic mass is 10.2. The van der Waals surface area contributed by atoms with Crippen LogP contribution in [0.5, 0.6) is 0 Å². The third-order valence-electron chi connectivity index (χ3n) is 2.10. The Bertz CT molecular complexity index is 144. The highest BCUT2D eigenvalue weighted by Gasteiger charge is 2.18. The summed E-state index contributed by atoms with van der Waals surface area (Å²) in [4.78, 5) is 2.29. The molecule has 1 fully saturated rings. The normalized spacial score (nSPS) is 25.8. The number of aliphatic hydroxyl groups excluding tert-OH is 1. The second kappa shape index (κ2) is 3.88. The van der Waals surface area contributed by atoms with Gasteiger partial charge in [0.25, 0.3) is 0 Å². The molecular formula is C9H17NO. The highest BCUT2D eigenvalue weighted by atomic mass is 16.3. The van der Waals surface area contributed by atoms with E-state index in [0.717, 1.165) is 32.5 Å². The number of rotatable bonds is 3. The van der Waals surface area contributed by atoms with Crippen molar-refractivity contribution in [1.82, 2.24) is 4.90 Å². The molecule has 0 aromatic rings. The first kappa shape index (κ1) is 8.75. The molecule has 0 radical (unpaired) electrons. The van der Waals surface area contributed by atoms with Crippen LogP contribution in [0.15, 0.2) is 12.2 Å². The van der Waals surface area contributed by atoms with Crippen molar-refractivity contribution in [2.24, 2.45) is 0 Å². The Balaban J connectivity index is 2.13. The number of hydrogen-bond donors (Lipinski definition) is 1. The van der Waals surface area contributed by atoms with E-state index in [0.29, 0.717) is 0 Å². The minimum absolute atomic E-state index is 0.0832. The number of likely N-dealkylation sites (tertiary alicyclic amines) is 1. The smallest absolute Gasteiger partial charge is 0.0679 e. The van der Waals surface area contributed by atoms with E-state index in [1.54, 1.807) is 0 Å². The molecule has 1 saturated heterocycles. The van der Waals surface area contributed by atoms with E-state index < -0.39 is 0 Å². The monoisotopic (exact) mass is 155 g/mol. The fourth-order valence-corrected chi connectivity index (χ4v) is 1.36. The molecule has 0 aromatic heterocycles. The fraction of sp³-hybridized carbons (Fsp3) is 0.778. The Morgan fingerprint density at radius 2 is 2.45 bits per heavy atom. The molecule has 1 rings (SSSR count). The lowest BCUT2D eigenvalue weighted by Gasteiger charge is -2.13. The third-order valence-corrected chi connectivity index (χ3v) is 2.10. The Labute approximate surface area is 68.5 Å². The number of aliphatic hydroxyl groups is 1. The number of nitrogens with zero attached hydrogens (tertiary/aromatic N) is 1. The zero-order chi connectivity index (χ0) is 8.27. The van der Waals surface area contributed by atoms with E-state index in [9.17, 15) is 5.11 Å². The highest BCUT2D eigenvalue weighted by molar-refractivity contribution is 4.89. The van der Waals surface area contributed by atoms with E-state index in [-0.39, 0.29) is 6.10 Å². The molecule has 1 N–H and O–H groups in total. The van der Waals surface area contributed by atoms with Gasteiger partial charge in [-0.2, -0.15) is 0 Å². The lowest BCUT2D eigenvalue weighted by Crippen LogP contribution is -2.23. The van der Waals surface area contributed by atoms with Gasteiger partial charge < -0.3 is 10.0 Å². The molecule has 2 heteroatoms. The molecule has 2 nitrogen and oxygen atoms in total. The maximum Gasteiger partial charge on any atom is 0.0679 e. The molecule has 0 amide bonds. The van der Waals surface area contributed by atoms with Crippen LogP contribution in [0, 0.1) is 0 Å². The van der Waals surface area contributed by atoms with Crippen LogP contribution in [0.25, 0.3) is 0 Å². The summed E-state index contributed by atoms with van der Waals surface area (Å²) in [5.74, 6) is 0. The molecule has 0 bridgehead atoms. The van der Waals surface area contributed by atoms with Gasteiger partial charge in [0.05, 0.1) is 6.10 Å². The summed E-state index contributed by atoms with van der Waals surface area (Å²) in [6.45, 7) is 8.86. The van der Waals surface area contributed by atoms with Gasteiger partial charge in [-0.1, -0.05) is 5.57 Å². The van der Waals surface area contributed by atoms with Gasteiger partial charge in [-0.25, -0.2) is 0 Å². The van der Waals surface area contributed by atoms with Crippen molar-refractivity contribution in [2.75, 3.05) is 19.6 Å². The van der Waals surface area contributed by atoms with Crippen molar-refractivity contribution in [3.05, 3.63) is 12.2 Å². The van der Waals surface area contributed by atoms with Crippen molar-refractivity contribution in [3.63, 3.8) is 0 Å². The molecule has 1 aliphatic heterocycles. The van der Waals surface area contributed by atoms with E-state index in [1.165, 1.54) is 5.57 Å². The maximum atomic E-state index is 9.20. The van der Waals surface area contributed by atoms with Gasteiger partial charge in [-0.05, 0) is 19.8 Å². The van der Waals surface area contributed by atoms with Crippen molar-refractivity contribution in [2.45, 2.75) is 25.9 Å². The summed E-state index contributed by atoms with van der Waals surface area (Å²) in [6.07, 6.45) is 1.92. The van der Waals surface area contributed by atoms with E-state index in [2.05, 4.69) is 11.5 Å². The predicted molar refractivity (Wildman–Crippen MR) is 46.5 cm³/mol. The van der Waals surface area contributed by atoms with Crippen LogP contribution in [0.1, 0.15) is 19.8 Å². The summed E-state index contributed by atoms with van der Waals surface area (Å²) in [5.41, 5.74) is 1.23. The van der Waals surface area contributed by atoms with E-state index in [1.807, 2.05) is 6.92 Å². The number of hydrogen-bond acceptors (Lipinski definition) is 2. The summed E-state index contributed by atoms with van der Waals surface area (Å²) in [6, 6.07) is 0.